The molecular weight excluding hydrogens is 272 g/mol. The highest BCUT2D eigenvalue weighted by atomic mass is 16.5. The van der Waals surface area contributed by atoms with Gasteiger partial charge < -0.3 is 20.5 Å². The first-order chi connectivity index (χ1) is 10.0. The van der Waals surface area contributed by atoms with Gasteiger partial charge in [-0.2, -0.15) is 0 Å². The van der Waals surface area contributed by atoms with Crippen LogP contribution in [0.3, 0.4) is 0 Å². The van der Waals surface area contributed by atoms with Crippen LogP contribution in [0.25, 0.3) is 0 Å². The normalized spacial score (nSPS) is 9.95. The van der Waals surface area contributed by atoms with E-state index in [2.05, 4.69) is 17.2 Å². The number of anilines is 1. The predicted molar refractivity (Wildman–Crippen MR) is 80.8 cm³/mol. The highest BCUT2D eigenvalue weighted by Gasteiger charge is 2.08. The van der Waals surface area contributed by atoms with Crippen molar-refractivity contribution in [2.24, 2.45) is 0 Å². The van der Waals surface area contributed by atoms with Crippen molar-refractivity contribution in [3.05, 3.63) is 42.0 Å². The first kappa shape index (κ1) is 16.7. The van der Waals surface area contributed by atoms with E-state index in [0.717, 1.165) is 6.42 Å². The standard InChI is InChI=1S/C15H20N2O4/c1-3-4-8-21-9-7-16-15(20)17-12-5-6-13(14(18)19)11(2)10-12/h3,5-6,10H,1,4,7-9H2,2H3,(H,18,19)(H2,16,17,20). The number of benzene rings is 1. The second-order valence-corrected chi connectivity index (χ2v) is 4.41. The highest BCUT2D eigenvalue weighted by molar-refractivity contribution is 5.92. The molecule has 0 bridgehead atoms. The van der Waals surface area contributed by atoms with Gasteiger partial charge in [-0.3, -0.25) is 0 Å². The largest absolute Gasteiger partial charge is 0.478 e. The van der Waals surface area contributed by atoms with E-state index >= 15 is 0 Å². The van der Waals surface area contributed by atoms with E-state index in [-0.39, 0.29) is 11.6 Å². The molecule has 3 N–H and O–H groups in total. The summed E-state index contributed by atoms with van der Waals surface area (Å²) in [5.74, 6) is -0.986. The lowest BCUT2D eigenvalue weighted by atomic mass is 10.1. The molecule has 0 radical (unpaired) electrons. The summed E-state index contributed by atoms with van der Waals surface area (Å²) in [7, 11) is 0. The van der Waals surface area contributed by atoms with Crippen molar-refractivity contribution >= 4 is 17.7 Å². The third-order valence-electron chi connectivity index (χ3n) is 2.71. The van der Waals surface area contributed by atoms with Crippen LogP contribution in [0.4, 0.5) is 10.5 Å². The number of carboxylic acid groups (broad SMARTS) is 1. The van der Waals surface area contributed by atoms with Gasteiger partial charge in [0.2, 0.25) is 0 Å². The summed E-state index contributed by atoms with van der Waals surface area (Å²) in [4.78, 5) is 22.5. The zero-order valence-electron chi connectivity index (χ0n) is 12.0. The highest BCUT2D eigenvalue weighted by Crippen LogP contribution is 2.15. The number of carboxylic acids is 1. The third kappa shape index (κ3) is 6.09. The zero-order chi connectivity index (χ0) is 15.7. The van der Waals surface area contributed by atoms with Crippen molar-refractivity contribution < 1.29 is 19.4 Å². The minimum absolute atomic E-state index is 0.219. The number of rotatable bonds is 8. The second kappa shape index (κ2) is 8.76. The quantitative estimate of drug-likeness (QED) is 0.507. The second-order valence-electron chi connectivity index (χ2n) is 4.41. The van der Waals surface area contributed by atoms with Gasteiger partial charge in [-0.05, 0) is 37.1 Å². The molecule has 0 atom stereocenters. The molecule has 0 aliphatic heterocycles. The van der Waals surface area contributed by atoms with Crippen molar-refractivity contribution in [1.82, 2.24) is 5.32 Å². The molecule has 2 amide bonds. The molecule has 0 aliphatic rings. The van der Waals surface area contributed by atoms with Gasteiger partial charge in [-0.15, -0.1) is 6.58 Å². The number of carbonyl (C=O) groups excluding carboxylic acids is 1. The van der Waals surface area contributed by atoms with Crippen molar-refractivity contribution in [2.75, 3.05) is 25.1 Å². The molecule has 0 fully saturated rings. The Labute approximate surface area is 123 Å². The Balaban J connectivity index is 2.36. The molecule has 1 aromatic rings. The Morgan fingerprint density at radius 3 is 2.76 bits per heavy atom. The molecular formula is C15H20N2O4. The Hall–Kier alpha value is -2.34. The fraction of sp³-hybridized carbons (Fsp3) is 0.333. The van der Waals surface area contributed by atoms with Gasteiger partial charge >= 0.3 is 12.0 Å². The SMILES string of the molecule is C=CCCOCCNC(=O)Nc1ccc(C(=O)O)c(C)c1. The maximum atomic E-state index is 11.6. The number of hydrogen-bond acceptors (Lipinski definition) is 3. The molecule has 21 heavy (non-hydrogen) atoms. The molecule has 6 heteroatoms. The van der Waals surface area contributed by atoms with Crippen LogP contribution < -0.4 is 10.6 Å². The molecule has 0 aromatic heterocycles. The van der Waals surface area contributed by atoms with Crippen LogP contribution in [0.2, 0.25) is 0 Å². The average molecular weight is 292 g/mol. The van der Waals surface area contributed by atoms with Crippen molar-refractivity contribution in [3.63, 3.8) is 0 Å². The van der Waals surface area contributed by atoms with E-state index in [1.54, 1.807) is 25.1 Å². The molecule has 0 aliphatic carbocycles. The summed E-state index contributed by atoms with van der Waals surface area (Å²) < 4.78 is 5.26. The summed E-state index contributed by atoms with van der Waals surface area (Å²) in [5.41, 5.74) is 1.35. The molecule has 114 valence electrons. The third-order valence-corrected chi connectivity index (χ3v) is 2.71. The smallest absolute Gasteiger partial charge is 0.335 e. The minimum atomic E-state index is -0.986. The van der Waals surface area contributed by atoms with Gasteiger partial charge in [0.05, 0.1) is 18.8 Å². The van der Waals surface area contributed by atoms with Crippen LogP contribution >= 0.6 is 0 Å². The van der Waals surface area contributed by atoms with E-state index in [0.29, 0.717) is 31.0 Å². The van der Waals surface area contributed by atoms with E-state index in [1.807, 2.05) is 0 Å². The molecule has 0 unspecified atom stereocenters. The number of aromatic carboxylic acids is 1. The molecule has 1 aromatic carbocycles. The van der Waals surface area contributed by atoms with Gasteiger partial charge in [0.1, 0.15) is 0 Å². The maximum absolute atomic E-state index is 11.6. The summed E-state index contributed by atoms with van der Waals surface area (Å²) in [6, 6.07) is 4.27. The number of aryl methyl sites for hydroxylation is 1. The van der Waals surface area contributed by atoms with Crippen LogP contribution in [0.1, 0.15) is 22.3 Å². The van der Waals surface area contributed by atoms with Crippen LogP contribution in [-0.2, 0) is 4.74 Å². The molecule has 1 rings (SSSR count). The predicted octanol–water partition coefficient (Wildman–Crippen LogP) is 2.41. The lowest BCUT2D eigenvalue weighted by molar-refractivity contribution is 0.0696. The lowest BCUT2D eigenvalue weighted by Gasteiger charge is -2.09. The van der Waals surface area contributed by atoms with Gasteiger partial charge in [0.15, 0.2) is 0 Å². The Kier molecular flexibility index (Phi) is 6.97. The summed E-state index contributed by atoms with van der Waals surface area (Å²) in [6.45, 7) is 6.67. The summed E-state index contributed by atoms with van der Waals surface area (Å²) >= 11 is 0. The van der Waals surface area contributed by atoms with Gasteiger partial charge in [0, 0.05) is 12.2 Å². The first-order valence-corrected chi connectivity index (χ1v) is 6.62. The monoisotopic (exact) mass is 292 g/mol. The van der Waals surface area contributed by atoms with Gasteiger partial charge in [-0.25, -0.2) is 9.59 Å². The fourth-order valence-electron chi connectivity index (χ4n) is 1.66. The van der Waals surface area contributed by atoms with E-state index in [9.17, 15) is 9.59 Å². The number of nitrogens with one attached hydrogen (secondary N) is 2. The van der Waals surface area contributed by atoms with Crippen LogP contribution in [0, 0.1) is 6.92 Å². The molecule has 0 saturated carbocycles. The number of ether oxygens (including phenoxy) is 1. The lowest BCUT2D eigenvalue weighted by Crippen LogP contribution is -2.31. The van der Waals surface area contributed by atoms with E-state index in [1.165, 1.54) is 6.07 Å². The van der Waals surface area contributed by atoms with Gasteiger partial charge in [0.25, 0.3) is 0 Å². The van der Waals surface area contributed by atoms with Crippen LogP contribution in [-0.4, -0.2) is 36.9 Å². The summed E-state index contributed by atoms with van der Waals surface area (Å²) in [6.07, 6.45) is 2.55. The Morgan fingerprint density at radius 1 is 1.38 bits per heavy atom. The molecule has 0 saturated heterocycles. The molecule has 6 nitrogen and oxygen atoms in total. The maximum Gasteiger partial charge on any atom is 0.335 e. The van der Waals surface area contributed by atoms with Crippen LogP contribution in [0.5, 0.6) is 0 Å². The van der Waals surface area contributed by atoms with E-state index < -0.39 is 5.97 Å². The van der Waals surface area contributed by atoms with Gasteiger partial charge in [-0.1, -0.05) is 6.08 Å². The van der Waals surface area contributed by atoms with Crippen molar-refractivity contribution in [3.8, 4) is 0 Å². The first-order valence-electron chi connectivity index (χ1n) is 6.62. The number of amides is 2. The zero-order valence-corrected chi connectivity index (χ0v) is 12.0. The average Bonchev–Trinajstić information content (AvgIpc) is 2.42. The molecule has 0 spiro atoms. The Morgan fingerprint density at radius 2 is 2.14 bits per heavy atom. The van der Waals surface area contributed by atoms with E-state index in [4.69, 9.17) is 9.84 Å². The fourth-order valence-corrected chi connectivity index (χ4v) is 1.66. The van der Waals surface area contributed by atoms with Crippen LogP contribution in [0.15, 0.2) is 30.9 Å². The van der Waals surface area contributed by atoms with Crippen molar-refractivity contribution in [1.29, 1.82) is 0 Å². The number of carbonyl (C=O) groups is 2. The topological polar surface area (TPSA) is 87.7 Å². The number of hydrogen-bond donors (Lipinski definition) is 3. The number of urea groups is 1. The molecule has 0 heterocycles. The minimum Gasteiger partial charge on any atom is -0.478 e. The Bertz CT molecular complexity index is 514. The van der Waals surface area contributed by atoms with Crippen molar-refractivity contribution in [2.45, 2.75) is 13.3 Å². The summed E-state index contributed by atoms with van der Waals surface area (Å²) in [5, 5.41) is 14.2.